The second-order valence-electron chi connectivity index (χ2n) is 6.55. The lowest BCUT2D eigenvalue weighted by Crippen LogP contribution is -2.29. The number of aromatic nitrogens is 4. The van der Waals surface area contributed by atoms with E-state index in [1.807, 2.05) is 0 Å². The summed E-state index contributed by atoms with van der Waals surface area (Å²) < 4.78 is 37.9. The lowest BCUT2D eigenvalue weighted by Gasteiger charge is -2.11. The highest BCUT2D eigenvalue weighted by molar-refractivity contribution is 6.30. The molecule has 0 amide bonds. The van der Waals surface area contributed by atoms with Gasteiger partial charge in [0.25, 0.3) is 5.56 Å². The van der Waals surface area contributed by atoms with Gasteiger partial charge in [0.05, 0.1) is 6.54 Å². The number of ether oxygens (including phenoxy) is 2. The first-order valence-corrected chi connectivity index (χ1v) is 9.36. The van der Waals surface area contributed by atoms with Crippen LogP contribution in [0.2, 0.25) is 5.02 Å². The smallest absolute Gasteiger partial charge is 0.387 e. The van der Waals surface area contributed by atoms with E-state index >= 15 is 0 Å². The number of rotatable bonds is 6. The molecule has 31 heavy (non-hydrogen) atoms. The largest absolute Gasteiger partial charge is 0.435 e. The molecule has 0 saturated heterocycles. The molecule has 0 fully saturated rings. The molecule has 2 aromatic heterocycles. The van der Waals surface area contributed by atoms with Crippen molar-refractivity contribution in [3.8, 4) is 17.5 Å². The van der Waals surface area contributed by atoms with E-state index < -0.39 is 17.9 Å². The second-order valence-corrected chi connectivity index (χ2v) is 6.99. The van der Waals surface area contributed by atoms with Crippen LogP contribution in [-0.4, -0.2) is 25.7 Å². The summed E-state index contributed by atoms with van der Waals surface area (Å²) in [5.41, 5.74) is -0.252. The van der Waals surface area contributed by atoms with Gasteiger partial charge < -0.3 is 9.47 Å². The average molecular weight is 449 g/mol. The van der Waals surface area contributed by atoms with E-state index in [0.717, 1.165) is 5.56 Å². The SMILES string of the molecule is Cn1c(=O)[nH]c(=O)c2c1nc(Oc1cccc(OC(F)F)c1)n2Cc1ccc(Cl)cc1. The van der Waals surface area contributed by atoms with Gasteiger partial charge in [-0.1, -0.05) is 29.8 Å². The van der Waals surface area contributed by atoms with E-state index in [4.69, 9.17) is 16.3 Å². The molecule has 0 aliphatic rings. The molecular formula is C20H15ClF2N4O4. The molecule has 1 N–H and O–H groups in total. The minimum atomic E-state index is -2.99. The van der Waals surface area contributed by atoms with Crippen LogP contribution in [0, 0.1) is 0 Å². The molecule has 2 aromatic carbocycles. The Morgan fingerprint density at radius 1 is 1.13 bits per heavy atom. The Morgan fingerprint density at radius 3 is 2.55 bits per heavy atom. The van der Waals surface area contributed by atoms with Crippen LogP contribution in [0.5, 0.6) is 17.5 Å². The van der Waals surface area contributed by atoms with Crippen molar-refractivity contribution in [3.63, 3.8) is 0 Å². The molecule has 0 saturated carbocycles. The first kappa shape index (κ1) is 20.6. The Morgan fingerprint density at radius 2 is 1.84 bits per heavy atom. The van der Waals surface area contributed by atoms with Crippen LogP contribution in [0.15, 0.2) is 58.1 Å². The lowest BCUT2D eigenvalue weighted by molar-refractivity contribution is -0.0499. The van der Waals surface area contributed by atoms with E-state index in [1.165, 1.54) is 40.4 Å². The Bertz CT molecular complexity index is 1360. The topological polar surface area (TPSA) is 91.1 Å². The normalized spacial score (nSPS) is 11.3. The van der Waals surface area contributed by atoms with Crippen LogP contribution in [0.1, 0.15) is 5.56 Å². The van der Waals surface area contributed by atoms with Gasteiger partial charge in [-0.3, -0.25) is 18.9 Å². The predicted octanol–water partition coefficient (Wildman–Crippen LogP) is 3.52. The molecule has 2 heterocycles. The van der Waals surface area contributed by atoms with E-state index in [2.05, 4.69) is 14.7 Å². The fraction of sp³-hybridized carbons (Fsp3) is 0.150. The number of hydrogen-bond acceptors (Lipinski definition) is 5. The predicted molar refractivity (Wildman–Crippen MR) is 109 cm³/mol. The van der Waals surface area contributed by atoms with Gasteiger partial charge in [-0.05, 0) is 29.8 Å². The van der Waals surface area contributed by atoms with Crippen LogP contribution in [0.4, 0.5) is 8.78 Å². The summed E-state index contributed by atoms with van der Waals surface area (Å²) in [7, 11) is 1.46. The molecule has 160 valence electrons. The molecular weight excluding hydrogens is 434 g/mol. The fourth-order valence-electron chi connectivity index (χ4n) is 3.03. The molecule has 4 rings (SSSR count). The Balaban J connectivity index is 1.83. The monoisotopic (exact) mass is 448 g/mol. The minimum Gasteiger partial charge on any atom is -0.435 e. The first-order chi connectivity index (χ1) is 14.8. The highest BCUT2D eigenvalue weighted by Gasteiger charge is 2.19. The van der Waals surface area contributed by atoms with Gasteiger partial charge >= 0.3 is 18.3 Å². The van der Waals surface area contributed by atoms with Gasteiger partial charge in [-0.15, -0.1) is 0 Å². The molecule has 0 aliphatic heterocycles. The molecule has 0 bridgehead atoms. The summed E-state index contributed by atoms with van der Waals surface area (Å²) in [6, 6.07) is 12.5. The van der Waals surface area contributed by atoms with Crippen molar-refractivity contribution in [2.75, 3.05) is 0 Å². The summed E-state index contributed by atoms with van der Waals surface area (Å²) in [5.74, 6) is 0.0605. The molecule has 4 aromatic rings. The number of nitrogens with one attached hydrogen (secondary N) is 1. The number of benzene rings is 2. The zero-order valence-corrected chi connectivity index (χ0v) is 16.8. The van der Waals surface area contributed by atoms with Crippen molar-refractivity contribution < 1.29 is 18.3 Å². The third-order valence-electron chi connectivity index (χ3n) is 4.47. The molecule has 8 nitrogen and oxygen atoms in total. The maximum atomic E-state index is 12.5. The van der Waals surface area contributed by atoms with Crippen LogP contribution in [0.25, 0.3) is 11.2 Å². The molecule has 0 spiro atoms. The lowest BCUT2D eigenvalue weighted by atomic mass is 10.2. The highest BCUT2D eigenvalue weighted by Crippen LogP contribution is 2.28. The summed E-state index contributed by atoms with van der Waals surface area (Å²) in [6.45, 7) is -2.81. The molecule has 11 heteroatoms. The number of alkyl halides is 2. The van der Waals surface area contributed by atoms with Crippen molar-refractivity contribution in [2.45, 2.75) is 13.2 Å². The summed E-state index contributed by atoms with van der Waals surface area (Å²) in [6.07, 6.45) is 0. The molecule has 0 aliphatic carbocycles. The highest BCUT2D eigenvalue weighted by atomic mass is 35.5. The zero-order chi connectivity index (χ0) is 22.1. The molecule has 0 unspecified atom stereocenters. The van der Waals surface area contributed by atoms with Crippen LogP contribution in [0.3, 0.4) is 0 Å². The van der Waals surface area contributed by atoms with Gasteiger partial charge in [-0.2, -0.15) is 13.8 Å². The van der Waals surface area contributed by atoms with Crippen molar-refractivity contribution in [1.29, 1.82) is 0 Å². The summed E-state index contributed by atoms with van der Waals surface area (Å²) >= 11 is 5.94. The third kappa shape index (κ3) is 4.29. The Labute approximate surface area is 178 Å². The fourth-order valence-corrected chi connectivity index (χ4v) is 3.16. The van der Waals surface area contributed by atoms with Crippen molar-refractivity contribution in [2.24, 2.45) is 7.05 Å². The summed E-state index contributed by atoms with van der Waals surface area (Å²) in [4.78, 5) is 31.1. The number of imidazole rings is 1. The van der Waals surface area contributed by atoms with E-state index in [0.29, 0.717) is 5.02 Å². The van der Waals surface area contributed by atoms with Crippen molar-refractivity contribution >= 4 is 22.8 Å². The molecule has 0 radical (unpaired) electrons. The van der Waals surface area contributed by atoms with Crippen LogP contribution < -0.4 is 20.7 Å². The van der Waals surface area contributed by atoms with E-state index in [9.17, 15) is 18.4 Å². The van der Waals surface area contributed by atoms with Crippen LogP contribution >= 0.6 is 11.6 Å². The van der Waals surface area contributed by atoms with Gasteiger partial charge in [0, 0.05) is 18.1 Å². The van der Waals surface area contributed by atoms with E-state index in [1.54, 1.807) is 24.3 Å². The standard InChI is InChI=1S/C20H15ClF2N4O4/c1-26-16-15(17(28)25-19(26)29)27(10-11-5-7-12(21)8-6-11)20(24-16)31-14-4-2-3-13(9-14)30-18(22)23/h2-9,18H,10H2,1H3,(H,25,28,29). The van der Waals surface area contributed by atoms with Crippen molar-refractivity contribution in [1.82, 2.24) is 19.1 Å². The van der Waals surface area contributed by atoms with Gasteiger partial charge in [0.1, 0.15) is 11.5 Å². The van der Waals surface area contributed by atoms with Gasteiger partial charge in [0.15, 0.2) is 11.2 Å². The van der Waals surface area contributed by atoms with Gasteiger partial charge in [-0.25, -0.2) is 4.79 Å². The number of aryl methyl sites for hydroxylation is 1. The van der Waals surface area contributed by atoms with Crippen molar-refractivity contribution in [3.05, 3.63) is 80.0 Å². The average Bonchev–Trinajstić information content (AvgIpc) is 3.06. The maximum Gasteiger partial charge on any atom is 0.387 e. The number of fused-ring (bicyclic) bond motifs is 1. The first-order valence-electron chi connectivity index (χ1n) is 8.98. The quantitative estimate of drug-likeness (QED) is 0.487. The number of nitrogens with zero attached hydrogens (tertiary/aromatic N) is 3. The second kappa shape index (κ2) is 8.23. The zero-order valence-electron chi connectivity index (χ0n) is 16.0. The summed E-state index contributed by atoms with van der Waals surface area (Å²) in [5, 5.41) is 0.548. The van der Waals surface area contributed by atoms with Gasteiger partial charge in [0.2, 0.25) is 0 Å². The van der Waals surface area contributed by atoms with Crippen LogP contribution in [-0.2, 0) is 13.6 Å². The maximum absolute atomic E-state index is 12.5. The Kier molecular flexibility index (Phi) is 5.47. The Hall–Kier alpha value is -3.66. The number of H-pyrrole nitrogens is 1. The third-order valence-corrected chi connectivity index (χ3v) is 4.72. The van der Waals surface area contributed by atoms with E-state index in [-0.39, 0.29) is 35.2 Å². The molecule has 0 atom stereocenters. The number of halogens is 3. The number of aromatic amines is 1. The minimum absolute atomic E-state index is 0.00848. The number of hydrogen-bond donors (Lipinski definition) is 1.